The zero-order chi connectivity index (χ0) is 18.0. The van der Waals surface area contributed by atoms with Crippen molar-refractivity contribution in [1.82, 2.24) is 9.55 Å². The van der Waals surface area contributed by atoms with Crippen LogP contribution in [-0.2, 0) is 6.54 Å². The molecule has 0 aliphatic rings. The van der Waals surface area contributed by atoms with Gasteiger partial charge in [-0.1, -0.05) is 6.07 Å². The Balaban J connectivity index is 2.14. The standard InChI is InChI=1S/C19H19N3O2S/c1-12-10-14(6-7-16(12)24-3)15-11-25-18-17(15)19(23)22(13(2)21-18)9-5-4-8-20/h6-7,10-11H,4-5,9H2,1-3H3. The Hall–Kier alpha value is -2.65. The Morgan fingerprint density at radius 2 is 2.16 bits per heavy atom. The molecular formula is C19H19N3O2S. The summed E-state index contributed by atoms with van der Waals surface area (Å²) in [7, 11) is 1.65. The molecular weight excluding hydrogens is 334 g/mol. The lowest BCUT2D eigenvalue weighted by atomic mass is 10.0. The summed E-state index contributed by atoms with van der Waals surface area (Å²) in [6.07, 6.45) is 1.07. The molecule has 0 aliphatic heterocycles. The van der Waals surface area contributed by atoms with Gasteiger partial charge in [-0.05, 0) is 43.5 Å². The maximum absolute atomic E-state index is 13.0. The summed E-state index contributed by atoms with van der Waals surface area (Å²) in [5.41, 5.74) is 2.87. The van der Waals surface area contributed by atoms with Crippen molar-refractivity contribution in [2.24, 2.45) is 0 Å². The van der Waals surface area contributed by atoms with E-state index in [1.54, 1.807) is 11.7 Å². The van der Waals surface area contributed by atoms with Crippen LogP contribution in [0.4, 0.5) is 0 Å². The molecule has 0 radical (unpaired) electrons. The average Bonchev–Trinajstić information content (AvgIpc) is 3.01. The van der Waals surface area contributed by atoms with Gasteiger partial charge in [-0.2, -0.15) is 5.26 Å². The fourth-order valence-corrected chi connectivity index (χ4v) is 3.95. The van der Waals surface area contributed by atoms with Gasteiger partial charge in [-0.3, -0.25) is 9.36 Å². The minimum Gasteiger partial charge on any atom is -0.496 e. The minimum absolute atomic E-state index is 0.0369. The van der Waals surface area contributed by atoms with Crippen LogP contribution >= 0.6 is 11.3 Å². The molecule has 1 aromatic carbocycles. The summed E-state index contributed by atoms with van der Waals surface area (Å²) < 4.78 is 6.99. The Labute approximate surface area is 150 Å². The van der Waals surface area contributed by atoms with Crippen LogP contribution < -0.4 is 10.3 Å². The number of nitrogens with zero attached hydrogens (tertiary/aromatic N) is 3. The normalized spacial score (nSPS) is 10.8. The zero-order valence-electron chi connectivity index (χ0n) is 14.5. The van der Waals surface area contributed by atoms with Crippen molar-refractivity contribution in [3.05, 3.63) is 45.3 Å². The van der Waals surface area contributed by atoms with Crippen LogP contribution in [0, 0.1) is 25.2 Å². The van der Waals surface area contributed by atoms with E-state index in [1.807, 2.05) is 37.4 Å². The number of ether oxygens (including phenoxy) is 1. The van der Waals surface area contributed by atoms with Gasteiger partial charge in [0.1, 0.15) is 16.4 Å². The van der Waals surface area contributed by atoms with Crippen molar-refractivity contribution in [3.8, 4) is 22.9 Å². The van der Waals surface area contributed by atoms with Gasteiger partial charge in [-0.25, -0.2) is 4.98 Å². The van der Waals surface area contributed by atoms with Gasteiger partial charge in [0.25, 0.3) is 5.56 Å². The molecule has 0 unspecified atom stereocenters. The third kappa shape index (κ3) is 3.15. The first-order valence-corrected chi connectivity index (χ1v) is 8.95. The lowest BCUT2D eigenvalue weighted by Crippen LogP contribution is -2.23. The summed E-state index contributed by atoms with van der Waals surface area (Å²) >= 11 is 1.48. The molecule has 2 aromatic heterocycles. The van der Waals surface area contributed by atoms with Gasteiger partial charge in [0.05, 0.1) is 18.6 Å². The molecule has 128 valence electrons. The molecule has 0 atom stereocenters. The van der Waals surface area contributed by atoms with E-state index in [0.717, 1.165) is 27.3 Å². The number of nitriles is 1. The number of benzene rings is 1. The van der Waals surface area contributed by atoms with E-state index in [9.17, 15) is 4.79 Å². The second-order valence-corrected chi connectivity index (χ2v) is 6.75. The molecule has 0 saturated carbocycles. The second kappa shape index (κ2) is 7.08. The summed E-state index contributed by atoms with van der Waals surface area (Å²) in [5.74, 6) is 1.51. The van der Waals surface area contributed by atoms with Crippen LogP contribution in [0.3, 0.4) is 0 Å². The van der Waals surface area contributed by atoms with Crippen LogP contribution in [0.15, 0.2) is 28.4 Å². The highest BCUT2D eigenvalue weighted by Crippen LogP contribution is 2.33. The maximum atomic E-state index is 13.0. The van der Waals surface area contributed by atoms with E-state index in [2.05, 4.69) is 11.1 Å². The largest absolute Gasteiger partial charge is 0.496 e. The highest BCUT2D eigenvalue weighted by atomic mass is 32.1. The Kier molecular flexibility index (Phi) is 4.86. The van der Waals surface area contributed by atoms with E-state index >= 15 is 0 Å². The van der Waals surface area contributed by atoms with Gasteiger partial charge in [-0.15, -0.1) is 11.3 Å². The molecule has 0 aliphatic carbocycles. The lowest BCUT2D eigenvalue weighted by molar-refractivity contribution is 0.412. The Morgan fingerprint density at radius 3 is 2.84 bits per heavy atom. The molecule has 6 heteroatoms. The van der Waals surface area contributed by atoms with E-state index < -0.39 is 0 Å². The van der Waals surface area contributed by atoms with Gasteiger partial charge in [0.15, 0.2) is 0 Å². The molecule has 0 spiro atoms. The number of unbranched alkanes of at least 4 members (excludes halogenated alkanes) is 1. The van der Waals surface area contributed by atoms with Crippen molar-refractivity contribution in [2.45, 2.75) is 33.2 Å². The summed E-state index contributed by atoms with van der Waals surface area (Å²) in [6.45, 7) is 4.34. The van der Waals surface area contributed by atoms with Gasteiger partial charge >= 0.3 is 0 Å². The van der Waals surface area contributed by atoms with Gasteiger partial charge < -0.3 is 4.74 Å². The Bertz CT molecular complexity index is 1030. The quantitative estimate of drug-likeness (QED) is 0.649. The molecule has 0 N–H and O–H groups in total. The first-order chi connectivity index (χ1) is 12.1. The predicted octanol–water partition coefficient (Wildman–Crippen LogP) is 4.05. The van der Waals surface area contributed by atoms with Crippen molar-refractivity contribution in [3.63, 3.8) is 0 Å². The van der Waals surface area contributed by atoms with E-state index in [4.69, 9.17) is 10.00 Å². The number of methoxy groups -OCH3 is 1. The van der Waals surface area contributed by atoms with E-state index in [-0.39, 0.29) is 5.56 Å². The summed E-state index contributed by atoms with van der Waals surface area (Å²) in [6, 6.07) is 8.03. The predicted molar refractivity (Wildman–Crippen MR) is 100 cm³/mol. The molecule has 0 amide bonds. The molecule has 25 heavy (non-hydrogen) atoms. The minimum atomic E-state index is -0.0369. The van der Waals surface area contributed by atoms with Crippen LogP contribution in [0.2, 0.25) is 0 Å². The number of rotatable bonds is 5. The molecule has 2 heterocycles. The number of hydrogen-bond acceptors (Lipinski definition) is 5. The smallest absolute Gasteiger partial charge is 0.262 e. The van der Waals surface area contributed by atoms with Crippen molar-refractivity contribution < 1.29 is 4.74 Å². The number of thiophene rings is 1. The fourth-order valence-electron chi connectivity index (χ4n) is 2.96. The SMILES string of the molecule is COc1ccc(-c2csc3nc(C)n(CCCC#N)c(=O)c23)cc1C. The van der Waals surface area contributed by atoms with Gasteiger partial charge in [0, 0.05) is 23.9 Å². The Morgan fingerprint density at radius 1 is 1.36 bits per heavy atom. The molecule has 5 nitrogen and oxygen atoms in total. The third-order valence-corrected chi connectivity index (χ3v) is 5.13. The molecule has 0 bridgehead atoms. The van der Waals surface area contributed by atoms with Crippen molar-refractivity contribution in [2.75, 3.05) is 7.11 Å². The van der Waals surface area contributed by atoms with Crippen LogP contribution in [0.1, 0.15) is 24.2 Å². The molecule has 3 rings (SSSR count). The average molecular weight is 353 g/mol. The molecule has 0 fully saturated rings. The monoisotopic (exact) mass is 353 g/mol. The van der Waals surface area contributed by atoms with Crippen LogP contribution in [-0.4, -0.2) is 16.7 Å². The number of aromatic nitrogens is 2. The van der Waals surface area contributed by atoms with E-state index in [0.29, 0.717) is 30.6 Å². The third-order valence-electron chi connectivity index (χ3n) is 4.26. The number of hydrogen-bond donors (Lipinski definition) is 0. The fraction of sp³-hybridized carbons (Fsp3) is 0.316. The first-order valence-electron chi connectivity index (χ1n) is 8.07. The maximum Gasteiger partial charge on any atom is 0.262 e. The zero-order valence-corrected chi connectivity index (χ0v) is 15.3. The van der Waals surface area contributed by atoms with Crippen molar-refractivity contribution >= 4 is 21.6 Å². The second-order valence-electron chi connectivity index (χ2n) is 5.89. The van der Waals surface area contributed by atoms with Crippen LogP contribution in [0.5, 0.6) is 5.75 Å². The highest BCUT2D eigenvalue weighted by molar-refractivity contribution is 7.17. The molecule has 3 aromatic rings. The van der Waals surface area contributed by atoms with Crippen LogP contribution in [0.25, 0.3) is 21.3 Å². The van der Waals surface area contributed by atoms with E-state index in [1.165, 1.54) is 11.3 Å². The number of aryl methyl sites for hydroxylation is 2. The molecule has 0 saturated heterocycles. The summed E-state index contributed by atoms with van der Waals surface area (Å²) in [4.78, 5) is 18.4. The van der Waals surface area contributed by atoms with Gasteiger partial charge in [0.2, 0.25) is 0 Å². The lowest BCUT2D eigenvalue weighted by Gasteiger charge is -2.10. The van der Waals surface area contributed by atoms with Crippen molar-refractivity contribution in [1.29, 1.82) is 5.26 Å². The summed E-state index contributed by atoms with van der Waals surface area (Å²) in [5, 5.41) is 11.4. The number of fused-ring (bicyclic) bond motifs is 1. The first kappa shape index (κ1) is 17.2. The topological polar surface area (TPSA) is 67.9 Å². The highest BCUT2D eigenvalue weighted by Gasteiger charge is 2.16.